The standard InChI is InChI=1S/C19H18F3NO2/c1-25-16-7-4-6-13(11-16)18(24)23(15-9-10-15)12-14-5-2-3-8-17(14)19(20,21)22/h2-8,11,15H,9-10,12H2,1H3. The number of hydrogen-bond donors (Lipinski definition) is 0. The molecule has 0 heterocycles. The third-order valence-electron chi connectivity index (χ3n) is 4.23. The van der Waals surface area contributed by atoms with Crippen LogP contribution >= 0.6 is 0 Å². The Morgan fingerprint density at radius 1 is 1.16 bits per heavy atom. The van der Waals surface area contributed by atoms with Crippen molar-refractivity contribution in [2.24, 2.45) is 0 Å². The van der Waals surface area contributed by atoms with Gasteiger partial charge in [0.25, 0.3) is 5.91 Å². The number of ether oxygens (including phenoxy) is 1. The Kier molecular flexibility index (Phi) is 4.70. The minimum absolute atomic E-state index is 0.0139. The van der Waals surface area contributed by atoms with Crippen LogP contribution in [0.25, 0.3) is 0 Å². The highest BCUT2D eigenvalue weighted by Crippen LogP contribution is 2.35. The molecule has 1 amide bonds. The van der Waals surface area contributed by atoms with E-state index in [2.05, 4.69) is 0 Å². The van der Waals surface area contributed by atoms with Gasteiger partial charge in [0.15, 0.2) is 0 Å². The number of methoxy groups -OCH3 is 1. The van der Waals surface area contributed by atoms with Gasteiger partial charge in [0, 0.05) is 18.2 Å². The number of halogens is 3. The second-order valence-corrected chi connectivity index (χ2v) is 6.05. The molecule has 1 aliphatic carbocycles. The number of carbonyl (C=O) groups excluding carboxylic acids is 1. The van der Waals surface area contributed by atoms with Crippen LogP contribution in [0, 0.1) is 0 Å². The van der Waals surface area contributed by atoms with Crippen LogP contribution in [0.5, 0.6) is 5.75 Å². The fourth-order valence-electron chi connectivity index (χ4n) is 2.79. The molecule has 0 radical (unpaired) electrons. The quantitative estimate of drug-likeness (QED) is 0.794. The van der Waals surface area contributed by atoms with E-state index in [0.29, 0.717) is 11.3 Å². The minimum atomic E-state index is -4.44. The number of alkyl halides is 3. The van der Waals surface area contributed by atoms with Gasteiger partial charge in [0.1, 0.15) is 5.75 Å². The molecule has 0 saturated heterocycles. The number of amides is 1. The Morgan fingerprint density at radius 2 is 1.88 bits per heavy atom. The Bertz CT molecular complexity index is 769. The molecule has 1 saturated carbocycles. The van der Waals surface area contributed by atoms with Gasteiger partial charge in [-0.1, -0.05) is 24.3 Å². The fourth-order valence-corrected chi connectivity index (χ4v) is 2.79. The summed E-state index contributed by atoms with van der Waals surface area (Å²) in [5.41, 5.74) is -0.173. The average molecular weight is 349 g/mol. The van der Waals surface area contributed by atoms with E-state index in [-0.39, 0.29) is 24.1 Å². The maximum Gasteiger partial charge on any atom is 0.416 e. The van der Waals surface area contributed by atoms with Crippen molar-refractivity contribution in [2.75, 3.05) is 7.11 Å². The maximum absolute atomic E-state index is 13.2. The minimum Gasteiger partial charge on any atom is -0.497 e. The Hall–Kier alpha value is -2.50. The van der Waals surface area contributed by atoms with E-state index in [0.717, 1.165) is 18.9 Å². The van der Waals surface area contributed by atoms with E-state index in [9.17, 15) is 18.0 Å². The first-order chi connectivity index (χ1) is 11.9. The predicted octanol–water partition coefficient (Wildman–Crippen LogP) is 4.52. The van der Waals surface area contributed by atoms with Gasteiger partial charge in [-0.05, 0) is 42.7 Å². The van der Waals surface area contributed by atoms with Gasteiger partial charge in [-0.25, -0.2) is 0 Å². The predicted molar refractivity (Wildman–Crippen MR) is 87.3 cm³/mol. The van der Waals surface area contributed by atoms with Crippen molar-refractivity contribution in [1.29, 1.82) is 0 Å². The van der Waals surface area contributed by atoms with Gasteiger partial charge in [0.05, 0.1) is 12.7 Å². The summed E-state index contributed by atoms with van der Waals surface area (Å²) in [5, 5.41) is 0. The summed E-state index contributed by atoms with van der Waals surface area (Å²) >= 11 is 0. The zero-order chi connectivity index (χ0) is 18.0. The molecule has 3 rings (SSSR count). The molecular weight excluding hydrogens is 331 g/mol. The second kappa shape index (κ2) is 6.78. The molecule has 2 aromatic rings. The first-order valence-corrected chi connectivity index (χ1v) is 8.00. The van der Waals surface area contributed by atoms with Crippen LogP contribution < -0.4 is 4.74 Å². The number of nitrogens with zero attached hydrogens (tertiary/aromatic N) is 1. The van der Waals surface area contributed by atoms with Crippen LogP contribution in [0.4, 0.5) is 13.2 Å². The summed E-state index contributed by atoms with van der Waals surface area (Å²) < 4.78 is 44.8. The summed E-state index contributed by atoms with van der Waals surface area (Å²) in [7, 11) is 1.50. The molecule has 1 fully saturated rings. The highest BCUT2D eigenvalue weighted by molar-refractivity contribution is 5.95. The van der Waals surface area contributed by atoms with Crippen molar-refractivity contribution < 1.29 is 22.7 Å². The molecule has 0 atom stereocenters. The topological polar surface area (TPSA) is 29.5 Å². The average Bonchev–Trinajstić information content (AvgIpc) is 3.43. The lowest BCUT2D eigenvalue weighted by atomic mass is 10.1. The van der Waals surface area contributed by atoms with Gasteiger partial charge in [-0.15, -0.1) is 0 Å². The summed E-state index contributed by atoms with van der Waals surface area (Å²) in [6.45, 7) is -0.0591. The number of rotatable bonds is 5. The van der Waals surface area contributed by atoms with Gasteiger partial charge >= 0.3 is 6.18 Å². The van der Waals surface area contributed by atoms with Crippen molar-refractivity contribution in [3.05, 3.63) is 65.2 Å². The van der Waals surface area contributed by atoms with Gasteiger partial charge in [0.2, 0.25) is 0 Å². The van der Waals surface area contributed by atoms with E-state index < -0.39 is 11.7 Å². The molecule has 0 N–H and O–H groups in total. The highest BCUT2D eigenvalue weighted by atomic mass is 19.4. The molecule has 0 aromatic heterocycles. The Balaban J connectivity index is 1.89. The summed E-state index contributed by atoms with van der Waals surface area (Å²) in [6.07, 6.45) is -2.82. The first-order valence-electron chi connectivity index (χ1n) is 8.00. The maximum atomic E-state index is 13.2. The molecule has 3 nitrogen and oxygen atoms in total. The van der Waals surface area contributed by atoms with Gasteiger partial charge < -0.3 is 9.64 Å². The fraction of sp³-hybridized carbons (Fsp3) is 0.316. The molecular formula is C19H18F3NO2. The van der Waals surface area contributed by atoms with E-state index in [4.69, 9.17) is 4.74 Å². The molecule has 0 aliphatic heterocycles. The number of hydrogen-bond acceptors (Lipinski definition) is 2. The van der Waals surface area contributed by atoms with Gasteiger partial charge in [-0.3, -0.25) is 4.79 Å². The summed E-state index contributed by atoms with van der Waals surface area (Å²) in [6, 6.07) is 12.1. The lowest BCUT2D eigenvalue weighted by molar-refractivity contribution is -0.138. The monoisotopic (exact) mass is 349 g/mol. The molecule has 2 aromatic carbocycles. The Morgan fingerprint density at radius 3 is 2.52 bits per heavy atom. The zero-order valence-electron chi connectivity index (χ0n) is 13.7. The molecule has 132 valence electrons. The van der Waals surface area contributed by atoms with Crippen LogP contribution in [-0.4, -0.2) is 24.0 Å². The molecule has 1 aliphatic rings. The van der Waals surface area contributed by atoms with E-state index in [1.165, 1.54) is 24.1 Å². The van der Waals surface area contributed by atoms with Crippen molar-refractivity contribution >= 4 is 5.91 Å². The van der Waals surface area contributed by atoms with Crippen LogP contribution in [0.2, 0.25) is 0 Å². The lowest BCUT2D eigenvalue weighted by Crippen LogP contribution is -2.33. The third kappa shape index (κ3) is 3.95. The molecule has 0 unspecified atom stereocenters. The Labute approximate surface area is 144 Å². The number of benzene rings is 2. The van der Waals surface area contributed by atoms with Gasteiger partial charge in [-0.2, -0.15) is 13.2 Å². The smallest absolute Gasteiger partial charge is 0.416 e. The molecule has 0 spiro atoms. The summed E-state index contributed by atoms with van der Waals surface area (Å²) in [4.78, 5) is 14.4. The molecule has 6 heteroatoms. The zero-order valence-corrected chi connectivity index (χ0v) is 13.7. The normalized spacial score (nSPS) is 14.2. The van der Waals surface area contributed by atoms with Crippen molar-refractivity contribution in [2.45, 2.75) is 31.6 Å². The first kappa shape index (κ1) is 17.3. The second-order valence-electron chi connectivity index (χ2n) is 6.05. The summed E-state index contributed by atoms with van der Waals surface area (Å²) in [5.74, 6) is 0.260. The highest BCUT2D eigenvalue weighted by Gasteiger charge is 2.37. The van der Waals surface area contributed by atoms with Crippen LogP contribution in [-0.2, 0) is 12.7 Å². The number of carbonyl (C=O) groups is 1. The van der Waals surface area contributed by atoms with Crippen molar-refractivity contribution in [3.63, 3.8) is 0 Å². The largest absolute Gasteiger partial charge is 0.497 e. The van der Waals surface area contributed by atoms with Crippen molar-refractivity contribution in [3.8, 4) is 5.75 Å². The van der Waals surface area contributed by atoms with Crippen LogP contribution in [0.3, 0.4) is 0 Å². The van der Waals surface area contributed by atoms with Crippen LogP contribution in [0.1, 0.15) is 34.3 Å². The van der Waals surface area contributed by atoms with E-state index in [1.54, 1.807) is 30.3 Å². The molecule has 25 heavy (non-hydrogen) atoms. The van der Waals surface area contributed by atoms with E-state index >= 15 is 0 Å². The molecule has 0 bridgehead atoms. The van der Waals surface area contributed by atoms with Crippen LogP contribution in [0.15, 0.2) is 48.5 Å². The SMILES string of the molecule is COc1cccc(C(=O)N(Cc2ccccc2C(F)(F)F)C2CC2)c1. The van der Waals surface area contributed by atoms with Crippen molar-refractivity contribution in [1.82, 2.24) is 4.90 Å². The lowest BCUT2D eigenvalue weighted by Gasteiger charge is -2.24. The third-order valence-corrected chi connectivity index (χ3v) is 4.23. The van der Waals surface area contributed by atoms with E-state index in [1.807, 2.05) is 0 Å².